The van der Waals surface area contributed by atoms with Gasteiger partial charge in [-0.3, -0.25) is 0 Å². The zero-order chi connectivity index (χ0) is 18.9. The van der Waals surface area contributed by atoms with Crippen molar-refractivity contribution in [2.75, 3.05) is 0 Å². The number of rotatable bonds is 1. The van der Waals surface area contributed by atoms with E-state index in [-0.39, 0.29) is 6.04 Å². The summed E-state index contributed by atoms with van der Waals surface area (Å²) >= 11 is 0. The lowest BCUT2D eigenvalue weighted by molar-refractivity contribution is 0.589. The molecule has 0 aliphatic carbocycles. The Morgan fingerprint density at radius 1 is 0.800 bits per heavy atom. The van der Waals surface area contributed by atoms with Crippen LogP contribution in [0, 0.1) is 41.5 Å². The molecule has 0 saturated heterocycles. The minimum Gasteiger partial charge on any atom is -0.302 e. The van der Waals surface area contributed by atoms with E-state index in [4.69, 9.17) is 5.10 Å². The molecule has 1 aliphatic rings. The first-order chi connectivity index (χ1) is 11.8. The smallest absolute Gasteiger partial charge is 0.0980 e. The van der Waals surface area contributed by atoms with Gasteiger partial charge in [-0.2, -0.15) is 5.10 Å². The van der Waals surface area contributed by atoms with Crippen molar-refractivity contribution in [2.45, 2.75) is 68.4 Å². The van der Waals surface area contributed by atoms with Crippen LogP contribution in [0.5, 0.6) is 0 Å². The molecule has 134 valence electrons. The minimum atomic E-state index is 0.248. The number of hydrazone groups is 1. The highest BCUT2D eigenvalue weighted by Gasteiger charge is 2.26. The Labute approximate surface area is 153 Å². The summed E-state index contributed by atoms with van der Waals surface area (Å²) < 4.78 is 0. The molecule has 2 aromatic rings. The summed E-state index contributed by atoms with van der Waals surface area (Å²) in [6.07, 6.45) is 0. The van der Waals surface area contributed by atoms with Crippen molar-refractivity contribution in [3.05, 3.63) is 68.3 Å². The highest BCUT2D eigenvalue weighted by atomic mass is 15.3. The molecule has 1 heterocycles. The molecule has 1 N–H and O–H groups in total. The molecule has 3 rings (SSSR count). The lowest BCUT2D eigenvalue weighted by Crippen LogP contribution is -2.28. The maximum Gasteiger partial charge on any atom is 0.0980 e. The summed E-state index contributed by atoms with van der Waals surface area (Å²) in [4.78, 5) is 0. The van der Waals surface area contributed by atoms with E-state index in [2.05, 4.69) is 72.1 Å². The van der Waals surface area contributed by atoms with Crippen LogP contribution in [0.4, 0.5) is 0 Å². The summed E-state index contributed by atoms with van der Waals surface area (Å²) in [6.45, 7) is 19.4. The van der Waals surface area contributed by atoms with Crippen LogP contribution in [-0.2, 0) is 0 Å². The second-order valence-electron chi connectivity index (χ2n) is 6.90. The summed E-state index contributed by atoms with van der Waals surface area (Å²) in [7, 11) is 0. The third kappa shape index (κ3) is 3.22. The second-order valence-corrected chi connectivity index (χ2v) is 6.90. The van der Waals surface area contributed by atoms with E-state index >= 15 is 0 Å². The molecule has 0 amide bonds. The Bertz CT molecular complexity index is 829. The predicted molar refractivity (Wildman–Crippen MR) is 110 cm³/mol. The molecule has 2 nitrogen and oxygen atoms in total. The van der Waals surface area contributed by atoms with E-state index < -0.39 is 0 Å². The first-order valence-electron chi connectivity index (χ1n) is 9.34. The molecule has 25 heavy (non-hydrogen) atoms. The van der Waals surface area contributed by atoms with Gasteiger partial charge in [-0.1, -0.05) is 26.0 Å². The lowest BCUT2D eigenvalue weighted by atomic mass is 9.81. The number of nitrogens with zero attached hydrogens (tertiary/aromatic N) is 1. The van der Waals surface area contributed by atoms with E-state index in [0.29, 0.717) is 0 Å². The molecule has 2 aromatic carbocycles. The molecule has 0 bridgehead atoms. The monoisotopic (exact) mass is 336 g/mol. The molecule has 0 spiro atoms. The fourth-order valence-corrected chi connectivity index (χ4v) is 3.57. The molecular weight excluding hydrogens is 304 g/mol. The van der Waals surface area contributed by atoms with Gasteiger partial charge in [0.1, 0.15) is 0 Å². The molecule has 0 radical (unpaired) electrons. The average Bonchev–Trinajstić information content (AvgIpc) is 2.62. The number of hydrogen-bond donors (Lipinski definition) is 1. The molecule has 2 heteroatoms. The fourth-order valence-electron chi connectivity index (χ4n) is 3.57. The third-order valence-electron chi connectivity index (χ3n) is 5.56. The van der Waals surface area contributed by atoms with Gasteiger partial charge in [0.2, 0.25) is 0 Å². The minimum absolute atomic E-state index is 0.248. The summed E-state index contributed by atoms with van der Waals surface area (Å²) in [5.74, 6) is 0. The number of aryl methyl sites for hydroxylation is 2. The van der Waals surface area contributed by atoms with Crippen molar-refractivity contribution >= 4 is 5.71 Å². The third-order valence-corrected chi connectivity index (χ3v) is 5.56. The average molecular weight is 337 g/mol. The number of benzene rings is 2. The zero-order valence-corrected chi connectivity index (χ0v) is 17.3. The fraction of sp³-hybridized carbons (Fsp3) is 0.435. The van der Waals surface area contributed by atoms with Crippen molar-refractivity contribution < 1.29 is 0 Å². The molecule has 0 saturated carbocycles. The van der Waals surface area contributed by atoms with E-state index in [0.717, 1.165) is 5.71 Å². The van der Waals surface area contributed by atoms with Crippen molar-refractivity contribution in [1.82, 2.24) is 5.43 Å². The highest BCUT2D eigenvalue weighted by molar-refractivity contribution is 6.15. The zero-order valence-electron chi connectivity index (χ0n) is 17.3. The second kappa shape index (κ2) is 7.43. The number of hydrogen-bond acceptors (Lipinski definition) is 2. The summed E-state index contributed by atoms with van der Waals surface area (Å²) in [5.41, 5.74) is 16.5. The number of nitrogens with one attached hydrogen (secondary N) is 1. The van der Waals surface area contributed by atoms with Crippen LogP contribution >= 0.6 is 0 Å². The topological polar surface area (TPSA) is 24.4 Å². The standard InChI is InChI=1S/C21H26N2.C2H6/c1-11-8-9-18(10-12(11)2)21-20-16(6)14(4)13(3)15(5)19(20)17(7)22-23-21;1-2/h8-10,17,22H,1-7H3;1-2H3. The Hall–Kier alpha value is -2.09. The first kappa shape index (κ1) is 19.2. The molecule has 0 fully saturated rings. The highest BCUT2D eigenvalue weighted by Crippen LogP contribution is 2.35. The van der Waals surface area contributed by atoms with Gasteiger partial charge in [0.15, 0.2) is 0 Å². The molecule has 1 atom stereocenters. The normalized spacial score (nSPS) is 15.6. The van der Waals surface area contributed by atoms with Gasteiger partial charge in [-0.25, -0.2) is 0 Å². The Morgan fingerprint density at radius 2 is 1.40 bits per heavy atom. The van der Waals surface area contributed by atoms with Gasteiger partial charge in [-0.15, -0.1) is 0 Å². The van der Waals surface area contributed by atoms with Crippen LogP contribution in [0.2, 0.25) is 0 Å². The van der Waals surface area contributed by atoms with Crippen LogP contribution in [-0.4, -0.2) is 5.71 Å². The summed E-state index contributed by atoms with van der Waals surface area (Å²) in [5, 5.41) is 4.73. The molecule has 1 aliphatic heterocycles. The SMILES string of the molecule is CC.Cc1ccc(C2=NNC(C)c3c(C)c(C)c(C)c(C)c32)cc1C. The van der Waals surface area contributed by atoms with Crippen LogP contribution in [0.1, 0.15) is 76.9 Å². The van der Waals surface area contributed by atoms with Gasteiger partial charge < -0.3 is 5.43 Å². The van der Waals surface area contributed by atoms with Crippen molar-refractivity contribution in [2.24, 2.45) is 5.10 Å². The Morgan fingerprint density at radius 3 is 2.00 bits per heavy atom. The van der Waals surface area contributed by atoms with Crippen LogP contribution < -0.4 is 5.43 Å². The summed E-state index contributed by atoms with van der Waals surface area (Å²) in [6, 6.07) is 6.87. The van der Waals surface area contributed by atoms with Gasteiger partial charge >= 0.3 is 0 Å². The van der Waals surface area contributed by atoms with Crippen LogP contribution in [0.3, 0.4) is 0 Å². The predicted octanol–water partition coefficient (Wildman–Crippen LogP) is 5.98. The maximum atomic E-state index is 4.73. The molecular formula is C23H32N2. The van der Waals surface area contributed by atoms with E-state index in [1.54, 1.807) is 0 Å². The van der Waals surface area contributed by atoms with Gasteiger partial charge in [-0.05, 0) is 93.5 Å². The van der Waals surface area contributed by atoms with Gasteiger partial charge in [0.05, 0.1) is 11.8 Å². The largest absolute Gasteiger partial charge is 0.302 e. The van der Waals surface area contributed by atoms with Gasteiger partial charge in [0.25, 0.3) is 0 Å². The van der Waals surface area contributed by atoms with E-state index in [1.165, 1.54) is 50.1 Å². The lowest BCUT2D eigenvalue weighted by Gasteiger charge is -2.29. The van der Waals surface area contributed by atoms with Crippen LogP contribution in [0.25, 0.3) is 0 Å². The number of fused-ring (bicyclic) bond motifs is 1. The van der Waals surface area contributed by atoms with Crippen molar-refractivity contribution in [1.29, 1.82) is 0 Å². The molecule has 1 unspecified atom stereocenters. The van der Waals surface area contributed by atoms with Crippen LogP contribution in [0.15, 0.2) is 23.3 Å². The first-order valence-corrected chi connectivity index (χ1v) is 9.34. The van der Waals surface area contributed by atoms with Gasteiger partial charge in [0, 0.05) is 11.1 Å². The maximum absolute atomic E-state index is 4.73. The Balaban J connectivity index is 0.00000109. The van der Waals surface area contributed by atoms with Crippen molar-refractivity contribution in [3.63, 3.8) is 0 Å². The quantitative estimate of drug-likeness (QED) is 0.680. The van der Waals surface area contributed by atoms with E-state index in [9.17, 15) is 0 Å². The van der Waals surface area contributed by atoms with E-state index in [1.807, 2.05) is 13.8 Å². The molecule has 0 aromatic heterocycles. The van der Waals surface area contributed by atoms with Crippen molar-refractivity contribution in [3.8, 4) is 0 Å². The Kier molecular flexibility index (Phi) is 5.72.